The number of carboxylic acids is 1. The van der Waals surface area contributed by atoms with Crippen molar-refractivity contribution < 1.29 is 14.4 Å². The summed E-state index contributed by atoms with van der Waals surface area (Å²) in [7, 11) is 0. The highest BCUT2D eigenvalue weighted by Crippen LogP contribution is 2.38. The molecule has 1 N–H and O–H groups in total. The normalized spacial score (nSPS) is 24.5. The van der Waals surface area contributed by atoms with Gasteiger partial charge < -0.3 is 9.63 Å². The van der Waals surface area contributed by atoms with E-state index in [1.54, 1.807) is 0 Å². The maximum absolute atomic E-state index is 10.8. The molecule has 1 aliphatic carbocycles. The monoisotopic (exact) mass is 265 g/mol. The lowest BCUT2D eigenvalue weighted by molar-refractivity contribution is -0.138. The molecule has 0 radical (unpaired) electrons. The van der Waals surface area contributed by atoms with Crippen LogP contribution < -0.4 is 0 Å². The first-order valence-electron chi connectivity index (χ1n) is 6.97. The minimum Gasteiger partial charge on any atom is -0.481 e. The van der Waals surface area contributed by atoms with Crippen molar-refractivity contribution in [2.24, 2.45) is 5.92 Å². The number of likely N-dealkylation sites (tertiary alicyclic amines) is 1. The molecular weight excluding hydrogens is 246 g/mol. The first-order valence-corrected chi connectivity index (χ1v) is 6.97. The van der Waals surface area contributed by atoms with Crippen molar-refractivity contribution >= 4 is 5.97 Å². The van der Waals surface area contributed by atoms with E-state index in [4.69, 9.17) is 9.63 Å². The van der Waals surface area contributed by atoms with Gasteiger partial charge in [0, 0.05) is 18.9 Å². The van der Waals surface area contributed by atoms with Gasteiger partial charge in [-0.05, 0) is 38.1 Å². The average molecular weight is 265 g/mol. The summed E-state index contributed by atoms with van der Waals surface area (Å²) in [6.07, 6.45) is 4.64. The quantitative estimate of drug-likeness (QED) is 0.871. The van der Waals surface area contributed by atoms with E-state index in [1.165, 1.54) is 12.8 Å². The van der Waals surface area contributed by atoms with Gasteiger partial charge in [0.05, 0.1) is 6.54 Å². The Labute approximate surface area is 111 Å². The fraction of sp³-hybridized carbons (Fsp3) is 0.769. The second-order valence-corrected chi connectivity index (χ2v) is 5.66. The SMILES string of the molecule is O=C(O)CC1CCCN(Cc2nc(C3CC3)no2)C1. The van der Waals surface area contributed by atoms with Crippen LogP contribution in [-0.4, -0.2) is 39.2 Å². The van der Waals surface area contributed by atoms with Crippen molar-refractivity contribution in [3.8, 4) is 0 Å². The summed E-state index contributed by atoms with van der Waals surface area (Å²) < 4.78 is 5.27. The van der Waals surface area contributed by atoms with E-state index < -0.39 is 5.97 Å². The van der Waals surface area contributed by atoms with Gasteiger partial charge in [-0.1, -0.05) is 5.16 Å². The second kappa shape index (κ2) is 5.28. The summed E-state index contributed by atoms with van der Waals surface area (Å²) in [4.78, 5) is 17.4. The van der Waals surface area contributed by atoms with Gasteiger partial charge in [0.2, 0.25) is 5.89 Å². The Morgan fingerprint density at radius 3 is 3.00 bits per heavy atom. The van der Waals surface area contributed by atoms with Crippen LogP contribution in [0.3, 0.4) is 0 Å². The molecule has 6 heteroatoms. The molecule has 1 atom stereocenters. The highest BCUT2D eigenvalue weighted by Gasteiger charge is 2.29. The molecule has 0 spiro atoms. The molecule has 0 amide bonds. The fourth-order valence-electron chi connectivity index (χ4n) is 2.74. The number of carboxylic acid groups (broad SMARTS) is 1. The second-order valence-electron chi connectivity index (χ2n) is 5.66. The lowest BCUT2D eigenvalue weighted by Crippen LogP contribution is -2.35. The van der Waals surface area contributed by atoms with Crippen molar-refractivity contribution in [1.29, 1.82) is 0 Å². The van der Waals surface area contributed by atoms with Gasteiger partial charge in [-0.25, -0.2) is 0 Å². The number of carbonyl (C=O) groups is 1. The Morgan fingerprint density at radius 2 is 2.26 bits per heavy atom. The van der Waals surface area contributed by atoms with Crippen LogP contribution in [0.5, 0.6) is 0 Å². The zero-order valence-electron chi connectivity index (χ0n) is 10.9. The molecule has 2 aliphatic rings. The lowest BCUT2D eigenvalue weighted by atomic mass is 9.95. The van der Waals surface area contributed by atoms with E-state index in [0.29, 0.717) is 18.4 Å². The van der Waals surface area contributed by atoms with Crippen LogP contribution in [0, 0.1) is 5.92 Å². The van der Waals surface area contributed by atoms with E-state index in [9.17, 15) is 4.79 Å². The van der Waals surface area contributed by atoms with E-state index in [-0.39, 0.29) is 12.3 Å². The molecule has 1 saturated heterocycles. The standard InChI is InChI=1S/C13H19N3O3/c17-12(18)6-9-2-1-5-16(7-9)8-11-14-13(15-19-11)10-3-4-10/h9-10H,1-8H2,(H,17,18). The van der Waals surface area contributed by atoms with Gasteiger partial charge in [0.25, 0.3) is 0 Å². The Balaban J connectivity index is 1.54. The van der Waals surface area contributed by atoms with Crippen molar-refractivity contribution in [3.63, 3.8) is 0 Å². The summed E-state index contributed by atoms with van der Waals surface area (Å²) in [5.74, 6) is 1.56. The summed E-state index contributed by atoms with van der Waals surface area (Å²) in [6, 6.07) is 0. The predicted octanol–water partition coefficient (Wildman–Crippen LogP) is 1.63. The number of aliphatic carboxylic acids is 1. The average Bonchev–Trinajstić information content (AvgIpc) is 3.10. The van der Waals surface area contributed by atoms with Gasteiger partial charge in [-0.15, -0.1) is 0 Å². The van der Waals surface area contributed by atoms with E-state index in [0.717, 1.165) is 31.8 Å². The molecule has 2 fully saturated rings. The third-order valence-corrected chi connectivity index (χ3v) is 3.85. The van der Waals surface area contributed by atoms with Crippen LogP contribution in [0.1, 0.15) is 49.7 Å². The summed E-state index contributed by atoms with van der Waals surface area (Å²) in [5.41, 5.74) is 0. The molecular formula is C13H19N3O3. The number of aromatic nitrogens is 2. The van der Waals surface area contributed by atoms with E-state index in [1.807, 2.05) is 0 Å². The highest BCUT2D eigenvalue weighted by atomic mass is 16.5. The molecule has 0 bridgehead atoms. The van der Waals surface area contributed by atoms with Gasteiger partial charge in [-0.3, -0.25) is 9.69 Å². The van der Waals surface area contributed by atoms with Crippen molar-refractivity contribution in [3.05, 3.63) is 11.7 Å². The minimum atomic E-state index is -0.708. The summed E-state index contributed by atoms with van der Waals surface area (Å²) in [5, 5.41) is 12.9. The van der Waals surface area contributed by atoms with Crippen LogP contribution in [0.4, 0.5) is 0 Å². The Kier molecular flexibility index (Phi) is 3.50. The Bertz CT molecular complexity index is 456. The van der Waals surface area contributed by atoms with Crippen LogP contribution in [0.25, 0.3) is 0 Å². The smallest absolute Gasteiger partial charge is 0.303 e. The summed E-state index contributed by atoms with van der Waals surface area (Å²) >= 11 is 0. The first-order chi connectivity index (χ1) is 9.20. The van der Waals surface area contributed by atoms with E-state index in [2.05, 4.69) is 15.0 Å². The molecule has 1 aliphatic heterocycles. The van der Waals surface area contributed by atoms with Crippen molar-refractivity contribution in [2.75, 3.05) is 13.1 Å². The minimum absolute atomic E-state index is 0.247. The highest BCUT2D eigenvalue weighted by molar-refractivity contribution is 5.67. The number of hydrogen-bond donors (Lipinski definition) is 1. The molecule has 1 aromatic rings. The molecule has 1 unspecified atom stereocenters. The first kappa shape index (κ1) is 12.6. The molecule has 3 rings (SSSR count). The van der Waals surface area contributed by atoms with Crippen molar-refractivity contribution in [2.45, 2.75) is 44.6 Å². The van der Waals surface area contributed by atoms with Crippen molar-refractivity contribution in [1.82, 2.24) is 15.0 Å². The zero-order chi connectivity index (χ0) is 13.2. The van der Waals surface area contributed by atoms with Crippen LogP contribution in [0.2, 0.25) is 0 Å². The third kappa shape index (κ3) is 3.32. The largest absolute Gasteiger partial charge is 0.481 e. The zero-order valence-corrected chi connectivity index (χ0v) is 10.9. The van der Waals surface area contributed by atoms with Gasteiger partial charge in [-0.2, -0.15) is 4.98 Å². The molecule has 1 saturated carbocycles. The Hall–Kier alpha value is -1.43. The number of hydrogen-bond acceptors (Lipinski definition) is 5. The molecule has 0 aromatic carbocycles. The maximum atomic E-state index is 10.8. The molecule has 104 valence electrons. The third-order valence-electron chi connectivity index (χ3n) is 3.85. The molecule has 6 nitrogen and oxygen atoms in total. The number of nitrogens with zero attached hydrogens (tertiary/aromatic N) is 3. The Morgan fingerprint density at radius 1 is 1.42 bits per heavy atom. The van der Waals surface area contributed by atoms with Gasteiger partial charge >= 0.3 is 5.97 Å². The predicted molar refractivity (Wildman–Crippen MR) is 66.5 cm³/mol. The van der Waals surface area contributed by atoms with Crippen LogP contribution >= 0.6 is 0 Å². The lowest BCUT2D eigenvalue weighted by Gasteiger charge is -2.30. The summed E-state index contributed by atoms with van der Waals surface area (Å²) in [6.45, 7) is 2.44. The molecule has 1 aromatic heterocycles. The number of rotatable bonds is 5. The van der Waals surface area contributed by atoms with Gasteiger partial charge in [0.1, 0.15) is 0 Å². The number of piperidine rings is 1. The molecule has 19 heavy (non-hydrogen) atoms. The maximum Gasteiger partial charge on any atom is 0.303 e. The van der Waals surface area contributed by atoms with Crippen LogP contribution in [0.15, 0.2) is 4.52 Å². The van der Waals surface area contributed by atoms with Crippen LogP contribution in [-0.2, 0) is 11.3 Å². The molecule has 2 heterocycles. The van der Waals surface area contributed by atoms with E-state index >= 15 is 0 Å². The van der Waals surface area contributed by atoms with Gasteiger partial charge in [0.15, 0.2) is 5.82 Å². The topological polar surface area (TPSA) is 79.5 Å². The fourth-order valence-corrected chi connectivity index (χ4v) is 2.74.